The molecule has 0 saturated carbocycles. The third-order valence-corrected chi connectivity index (χ3v) is 3.44. The van der Waals surface area contributed by atoms with E-state index < -0.39 is 6.04 Å². The largest absolute Gasteiger partial charge is 0.347 e. The average Bonchev–Trinajstić information content (AvgIpc) is 3.02. The van der Waals surface area contributed by atoms with Gasteiger partial charge in [0, 0.05) is 28.2 Å². The van der Waals surface area contributed by atoms with E-state index in [0.717, 1.165) is 5.56 Å². The molecule has 1 unspecified atom stereocenters. The summed E-state index contributed by atoms with van der Waals surface area (Å²) in [6.07, 6.45) is 1.68. The van der Waals surface area contributed by atoms with E-state index in [1.54, 1.807) is 34.4 Å². The van der Waals surface area contributed by atoms with E-state index in [2.05, 4.69) is 15.6 Å². The first-order valence-electron chi connectivity index (χ1n) is 7.52. The lowest BCUT2D eigenvalue weighted by Crippen LogP contribution is -2.34. The van der Waals surface area contributed by atoms with Crippen molar-refractivity contribution in [1.29, 1.82) is 0 Å². The highest BCUT2D eigenvalue weighted by atomic mass is 16.2. The second-order valence-electron chi connectivity index (χ2n) is 5.79. The highest BCUT2D eigenvalue weighted by Gasteiger charge is 2.25. The molecule has 0 spiro atoms. The Morgan fingerprint density at radius 1 is 1.12 bits per heavy atom. The topological polar surface area (TPSA) is 83.4 Å². The molecule has 3 amide bonds. The summed E-state index contributed by atoms with van der Waals surface area (Å²) in [6, 6.07) is 8.59. The number of hydrogen-bond donors (Lipinski definition) is 1. The lowest BCUT2D eigenvalue weighted by Gasteiger charge is -2.20. The number of benzene rings is 1. The van der Waals surface area contributed by atoms with Crippen molar-refractivity contribution < 1.29 is 9.59 Å². The van der Waals surface area contributed by atoms with Crippen LogP contribution in [0, 0.1) is 0 Å². The summed E-state index contributed by atoms with van der Waals surface area (Å²) in [5.74, 6) is -0.102. The van der Waals surface area contributed by atoms with Crippen LogP contribution in [-0.2, 0) is 11.3 Å². The normalized spacial score (nSPS) is 11.7. The van der Waals surface area contributed by atoms with Crippen LogP contribution in [0.2, 0.25) is 0 Å². The second-order valence-corrected chi connectivity index (χ2v) is 5.79. The van der Waals surface area contributed by atoms with Gasteiger partial charge in [-0.15, -0.1) is 5.10 Å². The molecule has 0 aliphatic rings. The number of amides is 3. The maximum Gasteiger partial charge on any atom is 0.317 e. The molecule has 1 aromatic heterocycles. The molecule has 1 atom stereocenters. The molecule has 0 radical (unpaired) electrons. The molecule has 128 valence electrons. The third-order valence-electron chi connectivity index (χ3n) is 3.44. The van der Waals surface area contributed by atoms with Gasteiger partial charge in [-0.25, -0.2) is 9.48 Å². The fourth-order valence-corrected chi connectivity index (χ4v) is 2.13. The Bertz CT molecular complexity index is 696. The molecule has 0 aliphatic heterocycles. The van der Waals surface area contributed by atoms with E-state index in [1.807, 2.05) is 30.3 Å². The van der Waals surface area contributed by atoms with Gasteiger partial charge in [-0.2, -0.15) is 0 Å². The van der Waals surface area contributed by atoms with Gasteiger partial charge in [-0.3, -0.25) is 4.79 Å². The Kier molecular flexibility index (Phi) is 5.51. The van der Waals surface area contributed by atoms with E-state index in [0.29, 0.717) is 5.69 Å². The van der Waals surface area contributed by atoms with Gasteiger partial charge in [-0.05, 0) is 5.56 Å². The molecule has 1 heterocycles. The molecule has 1 N–H and O–H groups in total. The molecular weight excluding hydrogens is 308 g/mol. The highest BCUT2D eigenvalue weighted by molar-refractivity contribution is 5.83. The van der Waals surface area contributed by atoms with Crippen molar-refractivity contribution in [2.75, 3.05) is 28.2 Å². The van der Waals surface area contributed by atoms with E-state index in [-0.39, 0.29) is 18.5 Å². The minimum atomic E-state index is -0.591. The van der Waals surface area contributed by atoms with Crippen LogP contribution >= 0.6 is 0 Å². The van der Waals surface area contributed by atoms with Gasteiger partial charge in [0.15, 0.2) is 6.04 Å². The lowest BCUT2D eigenvalue weighted by atomic mass is 10.1. The molecule has 0 aliphatic carbocycles. The quantitative estimate of drug-likeness (QED) is 0.876. The molecule has 24 heavy (non-hydrogen) atoms. The van der Waals surface area contributed by atoms with Crippen LogP contribution in [0.3, 0.4) is 0 Å². The number of carbonyl (C=O) groups is 2. The van der Waals surface area contributed by atoms with Crippen molar-refractivity contribution in [3.8, 4) is 0 Å². The highest BCUT2D eigenvalue weighted by Crippen LogP contribution is 2.19. The van der Waals surface area contributed by atoms with Gasteiger partial charge in [0.25, 0.3) is 5.91 Å². The number of aromatic nitrogens is 3. The van der Waals surface area contributed by atoms with Crippen molar-refractivity contribution >= 4 is 11.9 Å². The van der Waals surface area contributed by atoms with Crippen LogP contribution in [0.1, 0.15) is 17.3 Å². The number of likely N-dealkylation sites (N-methyl/N-ethyl adjacent to an activating group) is 1. The first kappa shape index (κ1) is 17.5. The zero-order valence-corrected chi connectivity index (χ0v) is 14.3. The second kappa shape index (κ2) is 7.58. The fraction of sp³-hybridized carbons (Fsp3) is 0.375. The SMILES string of the molecule is CN(C)C(=O)NCc1cn(C(C(=O)N(C)C)c2ccccc2)nn1. The number of carbonyl (C=O) groups excluding carboxylic acids is 2. The van der Waals surface area contributed by atoms with E-state index in [1.165, 1.54) is 14.5 Å². The van der Waals surface area contributed by atoms with Crippen LogP contribution in [0.25, 0.3) is 0 Å². The average molecular weight is 330 g/mol. The first-order valence-corrected chi connectivity index (χ1v) is 7.52. The number of rotatable bonds is 5. The standard InChI is InChI=1S/C16H22N6O2/c1-20(2)15(23)14(12-8-6-5-7-9-12)22-11-13(18-19-22)10-17-16(24)21(3)4/h5-9,11,14H,10H2,1-4H3,(H,17,24). The predicted molar refractivity (Wildman–Crippen MR) is 89.2 cm³/mol. The van der Waals surface area contributed by atoms with E-state index >= 15 is 0 Å². The zero-order valence-electron chi connectivity index (χ0n) is 14.3. The molecule has 2 aromatic rings. The maximum atomic E-state index is 12.6. The molecule has 0 bridgehead atoms. The fourth-order valence-electron chi connectivity index (χ4n) is 2.13. The van der Waals surface area contributed by atoms with Crippen LogP contribution < -0.4 is 5.32 Å². The van der Waals surface area contributed by atoms with E-state index in [9.17, 15) is 9.59 Å². The zero-order chi connectivity index (χ0) is 17.7. The Morgan fingerprint density at radius 3 is 2.38 bits per heavy atom. The van der Waals surface area contributed by atoms with Crippen LogP contribution in [0.15, 0.2) is 36.5 Å². The van der Waals surface area contributed by atoms with Gasteiger partial charge in [-0.1, -0.05) is 35.5 Å². The summed E-state index contributed by atoms with van der Waals surface area (Å²) in [4.78, 5) is 27.1. The van der Waals surface area contributed by atoms with Gasteiger partial charge in [0.2, 0.25) is 0 Å². The van der Waals surface area contributed by atoms with Crippen molar-refractivity contribution in [2.45, 2.75) is 12.6 Å². The minimum absolute atomic E-state index is 0.102. The Balaban J connectivity index is 2.22. The molecule has 2 rings (SSSR count). The Morgan fingerprint density at radius 2 is 1.79 bits per heavy atom. The summed E-state index contributed by atoms with van der Waals surface area (Å²) in [5, 5.41) is 10.8. The number of nitrogens with one attached hydrogen (secondary N) is 1. The first-order chi connectivity index (χ1) is 11.4. The molecule has 8 nitrogen and oxygen atoms in total. The van der Waals surface area contributed by atoms with Gasteiger partial charge in [0.1, 0.15) is 5.69 Å². The van der Waals surface area contributed by atoms with Crippen molar-refractivity contribution in [1.82, 2.24) is 30.1 Å². The van der Waals surface area contributed by atoms with Crippen LogP contribution in [0.5, 0.6) is 0 Å². The number of hydrogen-bond acceptors (Lipinski definition) is 4. The Hall–Kier alpha value is -2.90. The number of nitrogens with zero attached hydrogens (tertiary/aromatic N) is 5. The minimum Gasteiger partial charge on any atom is -0.347 e. The molecule has 0 fully saturated rings. The Labute approximate surface area is 141 Å². The lowest BCUT2D eigenvalue weighted by molar-refractivity contribution is -0.131. The monoisotopic (exact) mass is 330 g/mol. The summed E-state index contributed by atoms with van der Waals surface area (Å²) in [5.41, 5.74) is 1.41. The molecule has 1 aromatic carbocycles. The van der Waals surface area contributed by atoms with Crippen LogP contribution in [0.4, 0.5) is 4.79 Å². The number of urea groups is 1. The van der Waals surface area contributed by atoms with Crippen molar-refractivity contribution in [3.05, 3.63) is 47.8 Å². The van der Waals surface area contributed by atoms with Crippen LogP contribution in [-0.4, -0.2) is 64.9 Å². The summed E-state index contributed by atoms with van der Waals surface area (Å²) >= 11 is 0. The smallest absolute Gasteiger partial charge is 0.317 e. The van der Waals surface area contributed by atoms with Gasteiger partial charge < -0.3 is 15.1 Å². The molecular formula is C16H22N6O2. The molecule has 8 heteroatoms. The van der Waals surface area contributed by atoms with Gasteiger partial charge in [0.05, 0.1) is 12.7 Å². The van der Waals surface area contributed by atoms with Crippen molar-refractivity contribution in [2.24, 2.45) is 0 Å². The van der Waals surface area contributed by atoms with Crippen molar-refractivity contribution in [3.63, 3.8) is 0 Å². The third kappa shape index (κ3) is 4.09. The maximum absolute atomic E-state index is 12.6. The van der Waals surface area contributed by atoms with E-state index in [4.69, 9.17) is 0 Å². The van der Waals surface area contributed by atoms with Gasteiger partial charge >= 0.3 is 6.03 Å². The summed E-state index contributed by atoms with van der Waals surface area (Å²) < 4.78 is 1.52. The summed E-state index contributed by atoms with van der Waals surface area (Å²) in [6.45, 7) is 0.245. The molecule has 0 saturated heterocycles. The predicted octanol–water partition coefficient (Wildman–Crippen LogP) is 0.727. The summed E-state index contributed by atoms with van der Waals surface area (Å²) in [7, 11) is 6.72.